The SMILES string of the molecule is COc1cc(NC(=O)c2ccc3cc(C4CC4)ccc3c2)c(-n2nn[nH]c2=O)cc1Cl. The molecule has 1 amide bonds. The molecular formula is C22H18ClN5O3. The van der Waals surface area contributed by atoms with Crippen LogP contribution in [0.4, 0.5) is 5.69 Å². The molecule has 0 aliphatic heterocycles. The minimum Gasteiger partial charge on any atom is -0.495 e. The maximum atomic E-state index is 13.0. The van der Waals surface area contributed by atoms with E-state index in [2.05, 4.69) is 33.0 Å². The van der Waals surface area contributed by atoms with Gasteiger partial charge in [0, 0.05) is 11.6 Å². The number of H-pyrrole nitrogens is 1. The minimum atomic E-state index is -0.561. The van der Waals surface area contributed by atoms with Gasteiger partial charge >= 0.3 is 5.69 Å². The highest BCUT2D eigenvalue weighted by atomic mass is 35.5. The van der Waals surface area contributed by atoms with Crippen molar-refractivity contribution < 1.29 is 9.53 Å². The van der Waals surface area contributed by atoms with Crippen molar-refractivity contribution in [2.24, 2.45) is 0 Å². The largest absolute Gasteiger partial charge is 0.495 e. The Morgan fingerprint density at radius 2 is 1.94 bits per heavy atom. The highest BCUT2D eigenvalue weighted by molar-refractivity contribution is 6.32. The fraction of sp³-hybridized carbons (Fsp3) is 0.182. The number of nitrogens with zero attached hydrogens (tertiary/aromatic N) is 3. The van der Waals surface area contributed by atoms with E-state index < -0.39 is 5.69 Å². The molecule has 156 valence electrons. The van der Waals surface area contributed by atoms with Crippen LogP contribution in [0.25, 0.3) is 16.5 Å². The molecule has 0 unspecified atom stereocenters. The zero-order chi connectivity index (χ0) is 21.5. The molecule has 9 heteroatoms. The summed E-state index contributed by atoms with van der Waals surface area (Å²) in [6.07, 6.45) is 2.49. The van der Waals surface area contributed by atoms with E-state index in [0.717, 1.165) is 15.5 Å². The highest BCUT2D eigenvalue weighted by Gasteiger charge is 2.23. The number of aromatic nitrogens is 4. The highest BCUT2D eigenvalue weighted by Crippen LogP contribution is 2.41. The first-order valence-corrected chi connectivity index (χ1v) is 10.1. The Hall–Kier alpha value is -3.65. The maximum Gasteiger partial charge on any atom is 0.365 e. The summed E-state index contributed by atoms with van der Waals surface area (Å²) in [5.74, 6) is 0.685. The summed E-state index contributed by atoms with van der Waals surface area (Å²) in [7, 11) is 1.47. The predicted molar refractivity (Wildman–Crippen MR) is 117 cm³/mol. The van der Waals surface area contributed by atoms with Gasteiger partial charge in [-0.3, -0.25) is 4.79 Å². The maximum absolute atomic E-state index is 13.0. The molecule has 5 rings (SSSR count). The molecule has 1 aliphatic carbocycles. The van der Waals surface area contributed by atoms with Crippen LogP contribution in [0.3, 0.4) is 0 Å². The van der Waals surface area contributed by atoms with Crippen LogP contribution in [0, 0.1) is 0 Å². The number of halogens is 1. The summed E-state index contributed by atoms with van der Waals surface area (Å²) in [4.78, 5) is 25.0. The number of ether oxygens (including phenoxy) is 1. The van der Waals surface area contributed by atoms with E-state index in [1.807, 2.05) is 18.2 Å². The van der Waals surface area contributed by atoms with Crippen molar-refractivity contribution in [3.05, 3.63) is 75.2 Å². The summed E-state index contributed by atoms with van der Waals surface area (Å²) in [5.41, 5.74) is 1.85. The number of fused-ring (bicyclic) bond motifs is 1. The molecule has 0 spiro atoms. The molecule has 1 heterocycles. The first-order chi connectivity index (χ1) is 15.0. The van der Waals surface area contributed by atoms with Crippen LogP contribution in [-0.2, 0) is 0 Å². The third kappa shape index (κ3) is 3.66. The second-order valence-corrected chi connectivity index (χ2v) is 7.88. The average molecular weight is 436 g/mol. The normalized spacial score (nSPS) is 13.4. The third-order valence-corrected chi connectivity index (χ3v) is 5.69. The molecule has 1 aromatic heterocycles. The van der Waals surface area contributed by atoms with Gasteiger partial charge in [-0.2, -0.15) is 4.68 Å². The number of nitrogens with one attached hydrogen (secondary N) is 2. The Kier molecular flexibility index (Phi) is 4.71. The third-order valence-electron chi connectivity index (χ3n) is 5.39. The number of anilines is 1. The van der Waals surface area contributed by atoms with Crippen LogP contribution in [0.2, 0.25) is 5.02 Å². The lowest BCUT2D eigenvalue weighted by Crippen LogP contribution is -2.20. The van der Waals surface area contributed by atoms with E-state index in [1.54, 1.807) is 12.1 Å². The van der Waals surface area contributed by atoms with E-state index in [-0.39, 0.29) is 16.6 Å². The van der Waals surface area contributed by atoms with Crippen molar-refractivity contribution in [3.8, 4) is 11.4 Å². The van der Waals surface area contributed by atoms with Crippen molar-refractivity contribution in [3.63, 3.8) is 0 Å². The van der Waals surface area contributed by atoms with Crippen LogP contribution in [0.5, 0.6) is 5.75 Å². The second-order valence-electron chi connectivity index (χ2n) is 7.47. The Balaban J connectivity index is 1.50. The van der Waals surface area contributed by atoms with Crippen LogP contribution < -0.4 is 15.7 Å². The lowest BCUT2D eigenvalue weighted by Gasteiger charge is -2.13. The number of tetrazole rings is 1. The lowest BCUT2D eigenvalue weighted by atomic mass is 10.0. The first kappa shape index (κ1) is 19.3. The number of hydrogen-bond acceptors (Lipinski definition) is 5. The molecule has 1 saturated carbocycles. The van der Waals surface area contributed by atoms with Gasteiger partial charge in [0.15, 0.2) is 0 Å². The quantitative estimate of drug-likeness (QED) is 0.495. The molecule has 31 heavy (non-hydrogen) atoms. The lowest BCUT2D eigenvalue weighted by molar-refractivity contribution is 0.102. The van der Waals surface area contributed by atoms with Gasteiger partial charge in [0.25, 0.3) is 5.91 Å². The Labute approximate surface area is 181 Å². The standard InChI is InChI=1S/C22H18ClN5O3/c1-31-20-11-18(19(10-17(20)23)28-22(30)25-26-27-28)24-21(29)16-7-6-14-8-13(12-2-3-12)4-5-15(14)9-16/h4-12H,2-3H2,1H3,(H,24,29)(H,25,27,30). The first-order valence-electron chi connectivity index (χ1n) is 9.77. The summed E-state index contributed by atoms with van der Waals surface area (Å²) in [5, 5.41) is 14.6. The number of carbonyl (C=O) groups excluding carboxylic acids is 1. The number of aromatic amines is 1. The number of amides is 1. The van der Waals surface area contributed by atoms with Crippen molar-refractivity contribution in [1.29, 1.82) is 0 Å². The van der Waals surface area contributed by atoms with Gasteiger partial charge in [-0.25, -0.2) is 9.89 Å². The summed E-state index contributed by atoms with van der Waals surface area (Å²) >= 11 is 6.22. The van der Waals surface area contributed by atoms with Crippen LogP contribution in [-0.4, -0.2) is 33.2 Å². The van der Waals surface area contributed by atoms with E-state index in [0.29, 0.717) is 22.9 Å². The number of hydrogen-bond donors (Lipinski definition) is 2. The zero-order valence-electron chi connectivity index (χ0n) is 16.6. The van der Waals surface area contributed by atoms with E-state index in [1.165, 1.54) is 31.6 Å². The fourth-order valence-corrected chi connectivity index (χ4v) is 3.84. The van der Waals surface area contributed by atoms with Crippen molar-refractivity contribution in [2.45, 2.75) is 18.8 Å². The van der Waals surface area contributed by atoms with Crippen LogP contribution in [0.15, 0.2) is 53.3 Å². The minimum absolute atomic E-state index is 0.266. The van der Waals surface area contributed by atoms with Gasteiger partial charge in [-0.05, 0) is 63.7 Å². The van der Waals surface area contributed by atoms with E-state index >= 15 is 0 Å². The van der Waals surface area contributed by atoms with Gasteiger partial charge in [0.2, 0.25) is 0 Å². The van der Waals surface area contributed by atoms with Crippen molar-refractivity contribution in [1.82, 2.24) is 20.2 Å². The van der Waals surface area contributed by atoms with Crippen LogP contribution >= 0.6 is 11.6 Å². The number of methoxy groups -OCH3 is 1. The summed E-state index contributed by atoms with van der Waals surface area (Å²) in [6.45, 7) is 0. The Morgan fingerprint density at radius 1 is 1.16 bits per heavy atom. The molecule has 0 atom stereocenters. The number of rotatable bonds is 5. The molecule has 1 aliphatic rings. The van der Waals surface area contributed by atoms with Gasteiger partial charge in [-0.1, -0.05) is 35.9 Å². The zero-order valence-corrected chi connectivity index (χ0v) is 17.3. The average Bonchev–Trinajstić information content (AvgIpc) is 3.54. The molecule has 4 aromatic rings. The van der Waals surface area contributed by atoms with Gasteiger partial charge < -0.3 is 10.1 Å². The number of benzene rings is 3. The monoisotopic (exact) mass is 435 g/mol. The predicted octanol–water partition coefficient (Wildman–Crippen LogP) is 3.90. The van der Waals surface area contributed by atoms with E-state index in [9.17, 15) is 9.59 Å². The fourth-order valence-electron chi connectivity index (χ4n) is 3.60. The molecular weight excluding hydrogens is 418 g/mol. The molecule has 0 radical (unpaired) electrons. The van der Waals surface area contributed by atoms with Gasteiger partial charge in [-0.15, -0.1) is 0 Å². The van der Waals surface area contributed by atoms with Gasteiger partial charge in [0.05, 0.1) is 23.5 Å². The van der Waals surface area contributed by atoms with Crippen LogP contribution in [0.1, 0.15) is 34.7 Å². The van der Waals surface area contributed by atoms with Crippen molar-refractivity contribution >= 4 is 34.0 Å². The Morgan fingerprint density at radius 3 is 2.65 bits per heavy atom. The smallest absolute Gasteiger partial charge is 0.365 e. The summed E-state index contributed by atoms with van der Waals surface area (Å²) < 4.78 is 6.27. The Bertz CT molecular complexity index is 1370. The molecule has 0 bridgehead atoms. The second kappa shape index (κ2) is 7.55. The molecule has 0 saturated heterocycles. The topological polar surface area (TPSA) is 102 Å². The van der Waals surface area contributed by atoms with Gasteiger partial charge in [0.1, 0.15) is 5.75 Å². The molecule has 8 nitrogen and oxygen atoms in total. The molecule has 3 aromatic carbocycles. The summed E-state index contributed by atoms with van der Waals surface area (Å²) in [6, 6.07) is 15.0. The molecule has 1 fully saturated rings. The van der Waals surface area contributed by atoms with E-state index in [4.69, 9.17) is 16.3 Å². The number of carbonyl (C=O) groups is 1. The molecule has 2 N–H and O–H groups in total. The van der Waals surface area contributed by atoms with Crippen molar-refractivity contribution in [2.75, 3.05) is 12.4 Å².